The first-order chi connectivity index (χ1) is 5.47. The molecule has 0 saturated carbocycles. The zero-order chi connectivity index (χ0) is 7.52. The van der Waals surface area contributed by atoms with Crippen LogP contribution in [0.2, 0.25) is 0 Å². The fourth-order valence-corrected chi connectivity index (χ4v) is 1.49. The lowest BCUT2D eigenvalue weighted by Crippen LogP contribution is -2.18. The summed E-state index contributed by atoms with van der Waals surface area (Å²) in [5.74, 6) is 1.13. The minimum atomic E-state index is 0. The summed E-state index contributed by atoms with van der Waals surface area (Å²) in [4.78, 5) is 6.62. The van der Waals surface area contributed by atoms with Gasteiger partial charge in [-0.3, -0.25) is 0 Å². The van der Waals surface area contributed by atoms with Crippen LogP contribution in [0.25, 0.3) is 0 Å². The fraction of sp³-hybridized carbons (Fsp3) is 0.444. The Kier molecular flexibility index (Phi) is 3.35. The van der Waals surface area contributed by atoms with Crippen molar-refractivity contribution in [1.82, 2.24) is 4.98 Å². The van der Waals surface area contributed by atoms with Crippen LogP contribution in [0.3, 0.4) is 0 Å². The van der Waals surface area contributed by atoms with Crippen molar-refractivity contribution in [3.05, 3.63) is 24.4 Å². The van der Waals surface area contributed by atoms with Gasteiger partial charge in [-0.25, -0.2) is 4.98 Å². The molecule has 1 aliphatic heterocycles. The van der Waals surface area contributed by atoms with E-state index in [1.165, 1.54) is 25.9 Å². The number of anilines is 1. The Balaban J connectivity index is 0.000000720. The van der Waals surface area contributed by atoms with E-state index in [2.05, 4.69) is 16.0 Å². The maximum atomic E-state index is 4.29. The molecule has 0 radical (unpaired) electrons. The second-order valence-electron chi connectivity index (χ2n) is 2.88. The van der Waals surface area contributed by atoms with Gasteiger partial charge in [0.25, 0.3) is 0 Å². The van der Waals surface area contributed by atoms with Gasteiger partial charge in [0.2, 0.25) is 0 Å². The van der Waals surface area contributed by atoms with E-state index >= 15 is 0 Å². The molecule has 0 N–H and O–H groups in total. The maximum absolute atomic E-state index is 4.29. The summed E-state index contributed by atoms with van der Waals surface area (Å²) in [7, 11) is 0. The third kappa shape index (κ3) is 1.89. The van der Waals surface area contributed by atoms with Gasteiger partial charge in [-0.05, 0) is 25.0 Å². The van der Waals surface area contributed by atoms with Crippen LogP contribution in [0.5, 0.6) is 0 Å². The molecule has 0 spiro atoms. The Labute approximate surface area is 79.0 Å². The molecule has 1 aromatic rings. The van der Waals surface area contributed by atoms with E-state index in [1.54, 1.807) is 0 Å². The van der Waals surface area contributed by atoms with Gasteiger partial charge in [0.15, 0.2) is 0 Å². The van der Waals surface area contributed by atoms with E-state index < -0.39 is 0 Å². The number of hydrogen-bond donors (Lipinski definition) is 0. The van der Waals surface area contributed by atoms with Gasteiger partial charge in [-0.15, -0.1) is 12.4 Å². The van der Waals surface area contributed by atoms with E-state index in [4.69, 9.17) is 0 Å². The molecule has 1 aliphatic rings. The molecule has 1 aromatic heterocycles. The predicted molar refractivity (Wildman–Crippen MR) is 52.9 cm³/mol. The van der Waals surface area contributed by atoms with Gasteiger partial charge < -0.3 is 4.90 Å². The van der Waals surface area contributed by atoms with Crippen molar-refractivity contribution >= 4 is 18.2 Å². The van der Waals surface area contributed by atoms with Gasteiger partial charge in [-0.2, -0.15) is 0 Å². The van der Waals surface area contributed by atoms with Crippen LogP contribution in [0, 0.1) is 0 Å². The molecule has 66 valence electrons. The van der Waals surface area contributed by atoms with Crippen LogP contribution in [0.15, 0.2) is 24.4 Å². The molecule has 12 heavy (non-hydrogen) atoms. The maximum Gasteiger partial charge on any atom is 0.128 e. The van der Waals surface area contributed by atoms with Gasteiger partial charge in [0.1, 0.15) is 5.82 Å². The quantitative estimate of drug-likeness (QED) is 0.665. The average molecular weight is 185 g/mol. The highest BCUT2D eigenvalue weighted by Gasteiger charge is 2.11. The number of halogens is 1. The summed E-state index contributed by atoms with van der Waals surface area (Å²) in [6.07, 6.45) is 4.49. The number of aromatic nitrogens is 1. The number of rotatable bonds is 1. The number of pyridine rings is 1. The molecule has 3 heteroatoms. The average Bonchev–Trinajstić information content (AvgIpc) is 2.58. The molecule has 0 atom stereocenters. The summed E-state index contributed by atoms with van der Waals surface area (Å²) in [6, 6.07) is 6.07. The molecule has 2 rings (SSSR count). The highest BCUT2D eigenvalue weighted by atomic mass is 35.5. The lowest BCUT2D eigenvalue weighted by Gasteiger charge is -2.14. The standard InChI is InChI=1S/C9H12N2.ClH/c1-2-6-10-9(5-1)11-7-3-4-8-11;/h1-2,5-6H,3-4,7-8H2;1H. The molecule has 0 aromatic carbocycles. The Morgan fingerprint density at radius 3 is 2.50 bits per heavy atom. The Morgan fingerprint density at radius 2 is 1.92 bits per heavy atom. The van der Waals surface area contributed by atoms with Crippen molar-refractivity contribution in [2.45, 2.75) is 12.8 Å². The minimum Gasteiger partial charge on any atom is -0.357 e. The summed E-state index contributed by atoms with van der Waals surface area (Å²) in [5.41, 5.74) is 0. The molecule has 2 nitrogen and oxygen atoms in total. The van der Waals surface area contributed by atoms with Crippen molar-refractivity contribution < 1.29 is 0 Å². The summed E-state index contributed by atoms with van der Waals surface area (Å²) in [6.45, 7) is 2.36. The molecule has 0 bridgehead atoms. The Morgan fingerprint density at radius 1 is 1.17 bits per heavy atom. The molecule has 2 heterocycles. The van der Waals surface area contributed by atoms with Crippen molar-refractivity contribution in [2.75, 3.05) is 18.0 Å². The largest absolute Gasteiger partial charge is 0.357 e. The van der Waals surface area contributed by atoms with E-state index in [1.807, 2.05) is 18.3 Å². The predicted octanol–water partition coefficient (Wildman–Crippen LogP) is 2.10. The van der Waals surface area contributed by atoms with Crippen LogP contribution >= 0.6 is 12.4 Å². The molecule has 0 aliphatic carbocycles. The van der Waals surface area contributed by atoms with E-state index in [9.17, 15) is 0 Å². The monoisotopic (exact) mass is 184 g/mol. The second-order valence-corrected chi connectivity index (χ2v) is 2.88. The first-order valence-electron chi connectivity index (χ1n) is 4.13. The van der Waals surface area contributed by atoms with E-state index in [0.717, 1.165) is 5.82 Å². The SMILES string of the molecule is Cl.c1ccc(N2CCCC2)nc1. The van der Waals surface area contributed by atoms with Crippen LogP contribution in [0.1, 0.15) is 12.8 Å². The molecular weight excluding hydrogens is 172 g/mol. The first-order valence-corrected chi connectivity index (χ1v) is 4.13. The van der Waals surface area contributed by atoms with Crippen LogP contribution in [-0.2, 0) is 0 Å². The zero-order valence-electron chi connectivity index (χ0n) is 6.94. The minimum absolute atomic E-state index is 0. The van der Waals surface area contributed by atoms with Crippen molar-refractivity contribution in [2.24, 2.45) is 0 Å². The molecule has 0 amide bonds. The fourth-order valence-electron chi connectivity index (χ4n) is 1.49. The van der Waals surface area contributed by atoms with Crippen LogP contribution in [-0.4, -0.2) is 18.1 Å². The first kappa shape index (κ1) is 9.33. The van der Waals surface area contributed by atoms with Crippen molar-refractivity contribution in [3.8, 4) is 0 Å². The zero-order valence-corrected chi connectivity index (χ0v) is 7.76. The highest BCUT2D eigenvalue weighted by molar-refractivity contribution is 5.85. The lowest BCUT2D eigenvalue weighted by atomic mass is 10.4. The van der Waals surface area contributed by atoms with E-state index in [0.29, 0.717) is 0 Å². The molecular formula is C9H13ClN2. The molecule has 1 saturated heterocycles. The Bertz CT molecular complexity index is 219. The van der Waals surface area contributed by atoms with Crippen molar-refractivity contribution in [1.29, 1.82) is 0 Å². The van der Waals surface area contributed by atoms with Crippen LogP contribution in [0.4, 0.5) is 5.82 Å². The summed E-state index contributed by atoms with van der Waals surface area (Å²) >= 11 is 0. The topological polar surface area (TPSA) is 16.1 Å². The third-order valence-corrected chi connectivity index (χ3v) is 2.08. The lowest BCUT2D eigenvalue weighted by molar-refractivity contribution is 0.938. The van der Waals surface area contributed by atoms with Gasteiger partial charge in [-0.1, -0.05) is 6.07 Å². The van der Waals surface area contributed by atoms with Gasteiger partial charge in [0, 0.05) is 19.3 Å². The molecule has 1 fully saturated rings. The Hall–Kier alpha value is -0.760. The summed E-state index contributed by atoms with van der Waals surface area (Å²) < 4.78 is 0. The number of nitrogens with zero attached hydrogens (tertiary/aromatic N) is 2. The van der Waals surface area contributed by atoms with Gasteiger partial charge in [0.05, 0.1) is 0 Å². The molecule has 0 unspecified atom stereocenters. The number of hydrogen-bond acceptors (Lipinski definition) is 2. The third-order valence-electron chi connectivity index (χ3n) is 2.08. The normalized spacial score (nSPS) is 15.8. The van der Waals surface area contributed by atoms with Gasteiger partial charge >= 0.3 is 0 Å². The summed E-state index contributed by atoms with van der Waals surface area (Å²) in [5, 5.41) is 0. The van der Waals surface area contributed by atoms with Crippen LogP contribution < -0.4 is 4.90 Å². The van der Waals surface area contributed by atoms with E-state index in [-0.39, 0.29) is 12.4 Å². The smallest absolute Gasteiger partial charge is 0.128 e. The van der Waals surface area contributed by atoms with Crippen molar-refractivity contribution in [3.63, 3.8) is 0 Å². The highest BCUT2D eigenvalue weighted by Crippen LogP contribution is 2.15. The second kappa shape index (κ2) is 4.31.